The molecule has 0 amide bonds. The van der Waals surface area contributed by atoms with E-state index in [2.05, 4.69) is 0 Å². The zero-order chi connectivity index (χ0) is 6.85. The molecule has 0 aliphatic rings. The second kappa shape index (κ2) is 4.98. The average molecular weight is 203 g/mol. The van der Waals surface area contributed by atoms with E-state index in [1.54, 1.807) is 12.1 Å². The Hall–Kier alpha value is 1.24. The standard InChI is InChI=1S/C6H4Cl2O.K.H/c7-4-2-1-3-5(9)6(4)8;;/h1-3,9H;;. The molecule has 50 valence electrons. The van der Waals surface area contributed by atoms with E-state index in [1.807, 2.05) is 0 Å². The molecule has 0 radical (unpaired) electrons. The van der Waals surface area contributed by atoms with Crippen molar-refractivity contribution in [2.75, 3.05) is 0 Å². The van der Waals surface area contributed by atoms with Gasteiger partial charge in [-0.3, -0.25) is 0 Å². The summed E-state index contributed by atoms with van der Waals surface area (Å²) in [6, 6.07) is 4.72. The topological polar surface area (TPSA) is 20.2 Å². The average Bonchev–Trinajstić information content (AvgIpc) is 1.83. The van der Waals surface area contributed by atoms with Crippen molar-refractivity contribution in [1.29, 1.82) is 0 Å². The van der Waals surface area contributed by atoms with Crippen LogP contribution >= 0.6 is 23.2 Å². The van der Waals surface area contributed by atoms with Gasteiger partial charge in [0.25, 0.3) is 0 Å². The van der Waals surface area contributed by atoms with Crippen LogP contribution in [0.4, 0.5) is 0 Å². The first-order valence-corrected chi connectivity index (χ1v) is 3.10. The maximum absolute atomic E-state index is 8.88. The van der Waals surface area contributed by atoms with Gasteiger partial charge in [0.1, 0.15) is 10.8 Å². The van der Waals surface area contributed by atoms with E-state index in [-0.39, 0.29) is 62.2 Å². The van der Waals surface area contributed by atoms with Crippen LogP contribution in [-0.4, -0.2) is 56.5 Å². The fraction of sp³-hybridized carbons (Fsp3) is 0. The van der Waals surface area contributed by atoms with Crippen molar-refractivity contribution in [3.63, 3.8) is 0 Å². The summed E-state index contributed by atoms with van der Waals surface area (Å²) in [5.41, 5.74) is 0. The molecular formula is C6H5Cl2KO. The van der Waals surface area contributed by atoms with Crippen molar-refractivity contribution in [2.45, 2.75) is 0 Å². The van der Waals surface area contributed by atoms with Crippen molar-refractivity contribution < 1.29 is 5.11 Å². The van der Waals surface area contributed by atoms with Gasteiger partial charge in [-0.25, -0.2) is 0 Å². The van der Waals surface area contributed by atoms with Crippen molar-refractivity contribution >= 4 is 74.6 Å². The Kier molecular flexibility index (Phi) is 5.60. The van der Waals surface area contributed by atoms with Crippen molar-refractivity contribution in [3.8, 4) is 5.75 Å². The third kappa shape index (κ3) is 2.70. The summed E-state index contributed by atoms with van der Waals surface area (Å²) in [4.78, 5) is 0. The van der Waals surface area contributed by atoms with E-state index in [4.69, 9.17) is 28.3 Å². The van der Waals surface area contributed by atoms with Crippen LogP contribution in [0.2, 0.25) is 10.0 Å². The second-order valence-corrected chi connectivity index (χ2v) is 2.36. The van der Waals surface area contributed by atoms with Gasteiger partial charge >= 0.3 is 51.4 Å². The van der Waals surface area contributed by atoms with E-state index in [0.29, 0.717) is 5.02 Å². The van der Waals surface area contributed by atoms with Crippen LogP contribution in [0, 0.1) is 0 Å². The fourth-order valence-corrected chi connectivity index (χ4v) is 0.788. The van der Waals surface area contributed by atoms with Gasteiger partial charge < -0.3 is 5.11 Å². The van der Waals surface area contributed by atoms with Gasteiger partial charge in [0.2, 0.25) is 0 Å². The van der Waals surface area contributed by atoms with Crippen LogP contribution in [0.15, 0.2) is 18.2 Å². The van der Waals surface area contributed by atoms with Crippen molar-refractivity contribution in [2.24, 2.45) is 0 Å². The molecule has 1 N–H and O–H groups in total. The fourth-order valence-electron chi connectivity index (χ4n) is 0.492. The van der Waals surface area contributed by atoms with Gasteiger partial charge in [0, 0.05) is 0 Å². The molecule has 1 aromatic carbocycles. The van der Waals surface area contributed by atoms with E-state index < -0.39 is 0 Å². The van der Waals surface area contributed by atoms with E-state index in [0.717, 1.165) is 0 Å². The molecule has 0 bridgehead atoms. The van der Waals surface area contributed by atoms with Crippen LogP contribution < -0.4 is 0 Å². The normalized spacial score (nSPS) is 8.60. The molecule has 1 nitrogen and oxygen atoms in total. The monoisotopic (exact) mass is 202 g/mol. The van der Waals surface area contributed by atoms with Gasteiger partial charge in [0.05, 0.1) is 5.02 Å². The predicted octanol–water partition coefficient (Wildman–Crippen LogP) is 2.05. The first-order chi connectivity index (χ1) is 4.22. The molecule has 4 heteroatoms. The molecule has 0 unspecified atom stereocenters. The summed E-state index contributed by atoms with van der Waals surface area (Å²) in [7, 11) is 0. The number of halogens is 2. The van der Waals surface area contributed by atoms with Gasteiger partial charge in [-0.15, -0.1) is 0 Å². The van der Waals surface area contributed by atoms with E-state index >= 15 is 0 Å². The zero-order valence-electron chi connectivity index (χ0n) is 4.44. The molecule has 0 aliphatic carbocycles. The Morgan fingerprint density at radius 1 is 1.20 bits per heavy atom. The molecule has 0 aromatic heterocycles. The number of phenols is 1. The second-order valence-electron chi connectivity index (χ2n) is 1.57. The molecule has 1 rings (SSSR count). The zero-order valence-corrected chi connectivity index (χ0v) is 5.95. The minimum absolute atomic E-state index is 0. The molecule has 0 heterocycles. The summed E-state index contributed by atoms with van der Waals surface area (Å²) in [5.74, 6) is 0.0177. The molecule has 1 aromatic rings. The molecule has 0 saturated heterocycles. The Morgan fingerprint density at radius 2 is 1.80 bits per heavy atom. The number of benzene rings is 1. The third-order valence-electron chi connectivity index (χ3n) is 0.931. The number of aromatic hydroxyl groups is 1. The van der Waals surface area contributed by atoms with E-state index in [1.165, 1.54) is 6.07 Å². The Bertz CT molecular complexity index is 207. The van der Waals surface area contributed by atoms with Gasteiger partial charge in [-0.1, -0.05) is 29.3 Å². The summed E-state index contributed by atoms with van der Waals surface area (Å²) in [5, 5.41) is 9.46. The van der Waals surface area contributed by atoms with Crippen molar-refractivity contribution in [1.82, 2.24) is 0 Å². The van der Waals surface area contributed by atoms with Gasteiger partial charge in [-0.2, -0.15) is 0 Å². The number of rotatable bonds is 0. The quantitative estimate of drug-likeness (QED) is 0.640. The number of phenolic OH excluding ortho intramolecular Hbond substituents is 1. The summed E-state index contributed by atoms with van der Waals surface area (Å²) >= 11 is 11.0. The Labute approximate surface area is 112 Å². The Morgan fingerprint density at radius 3 is 2.20 bits per heavy atom. The first-order valence-electron chi connectivity index (χ1n) is 2.35. The molecular weight excluding hydrogens is 198 g/mol. The van der Waals surface area contributed by atoms with Crippen molar-refractivity contribution in [3.05, 3.63) is 28.2 Å². The minimum atomic E-state index is 0. The maximum atomic E-state index is 8.88. The molecule has 0 aliphatic heterocycles. The molecule has 0 spiro atoms. The summed E-state index contributed by atoms with van der Waals surface area (Å²) < 4.78 is 0. The SMILES string of the molecule is Oc1cccc(Cl)c1Cl.[KH]. The van der Waals surface area contributed by atoms with Crippen LogP contribution in [0.25, 0.3) is 0 Å². The summed E-state index contributed by atoms with van der Waals surface area (Å²) in [6.07, 6.45) is 0. The molecule has 10 heavy (non-hydrogen) atoms. The Balaban J connectivity index is 0.000000810. The van der Waals surface area contributed by atoms with Gasteiger partial charge in [0.15, 0.2) is 0 Å². The van der Waals surface area contributed by atoms with Crippen LogP contribution in [-0.2, 0) is 0 Å². The number of hydrogen-bond acceptors (Lipinski definition) is 1. The van der Waals surface area contributed by atoms with Crippen LogP contribution in [0.3, 0.4) is 0 Å². The van der Waals surface area contributed by atoms with Gasteiger partial charge in [-0.05, 0) is 12.1 Å². The summed E-state index contributed by atoms with van der Waals surface area (Å²) in [6.45, 7) is 0. The third-order valence-corrected chi connectivity index (χ3v) is 1.74. The molecule has 0 atom stereocenters. The molecule has 0 fully saturated rings. The van der Waals surface area contributed by atoms with E-state index in [9.17, 15) is 0 Å². The first kappa shape index (κ1) is 11.2. The number of hydrogen-bond donors (Lipinski definition) is 1. The molecule has 0 saturated carbocycles. The predicted molar refractivity (Wildman–Crippen MR) is 45.3 cm³/mol. The van der Waals surface area contributed by atoms with Crippen LogP contribution in [0.1, 0.15) is 0 Å². The van der Waals surface area contributed by atoms with Crippen LogP contribution in [0.5, 0.6) is 5.75 Å².